The molecule has 8 heteroatoms. The second-order valence-electron chi connectivity index (χ2n) is 6.61. The Bertz CT molecular complexity index is 675. The number of nitrogens with zero attached hydrogens (tertiary/aromatic N) is 2. The van der Waals surface area contributed by atoms with E-state index in [4.69, 9.17) is 14.2 Å². The zero-order chi connectivity index (χ0) is 19.9. The molecule has 3 amide bonds. The average molecular weight is 390 g/mol. The molecular weight excluding hydrogens is 364 g/mol. The Hall–Kier alpha value is -2.29. The number of carbonyl (C=O) groups excluding carboxylic acids is 3. The predicted octanol–water partition coefficient (Wildman–Crippen LogP) is 0.953. The normalized spacial score (nSPS) is 20.3. The molecule has 1 aromatic carbocycles. The molecule has 0 unspecified atom stereocenters. The summed E-state index contributed by atoms with van der Waals surface area (Å²) in [7, 11) is 0. The fraction of sp³-hybridized carbons (Fsp3) is 0.550. The van der Waals surface area contributed by atoms with Gasteiger partial charge in [0.05, 0.1) is 50.8 Å². The van der Waals surface area contributed by atoms with Gasteiger partial charge in [-0.15, -0.1) is 0 Å². The zero-order valence-electron chi connectivity index (χ0n) is 16.1. The van der Waals surface area contributed by atoms with Crippen molar-refractivity contribution in [3.05, 3.63) is 35.4 Å². The van der Waals surface area contributed by atoms with Gasteiger partial charge >= 0.3 is 0 Å². The number of hydrogen-bond acceptors (Lipinski definition) is 6. The highest BCUT2D eigenvalue weighted by atomic mass is 16.5. The molecule has 1 atom stereocenters. The molecule has 2 aliphatic heterocycles. The predicted molar refractivity (Wildman–Crippen MR) is 100 cm³/mol. The Morgan fingerprint density at radius 1 is 0.893 bits per heavy atom. The van der Waals surface area contributed by atoms with E-state index in [0.717, 1.165) is 4.90 Å². The Labute approximate surface area is 164 Å². The molecule has 2 aliphatic rings. The molecule has 3 rings (SSSR count). The molecule has 0 bridgehead atoms. The number of amides is 3. The minimum absolute atomic E-state index is 0.266. The highest BCUT2D eigenvalue weighted by Crippen LogP contribution is 2.26. The van der Waals surface area contributed by atoms with E-state index in [1.54, 1.807) is 36.1 Å². The second-order valence-corrected chi connectivity index (χ2v) is 6.61. The van der Waals surface area contributed by atoms with Gasteiger partial charge in [-0.1, -0.05) is 19.1 Å². The van der Waals surface area contributed by atoms with Crippen LogP contribution in [-0.2, 0) is 19.0 Å². The fourth-order valence-corrected chi connectivity index (χ4v) is 3.39. The molecule has 28 heavy (non-hydrogen) atoms. The maximum absolute atomic E-state index is 13.2. The lowest BCUT2D eigenvalue weighted by atomic mass is 10.1. The first-order valence-electron chi connectivity index (χ1n) is 9.64. The number of carbonyl (C=O) groups is 3. The maximum Gasteiger partial charge on any atom is 0.262 e. The van der Waals surface area contributed by atoms with Crippen molar-refractivity contribution in [1.29, 1.82) is 0 Å². The van der Waals surface area contributed by atoms with Crippen LogP contribution in [0.25, 0.3) is 0 Å². The first-order chi connectivity index (χ1) is 13.6. The van der Waals surface area contributed by atoms with Gasteiger partial charge < -0.3 is 19.1 Å². The van der Waals surface area contributed by atoms with Crippen LogP contribution in [0.1, 0.15) is 34.1 Å². The number of imide groups is 1. The summed E-state index contributed by atoms with van der Waals surface area (Å²) >= 11 is 0. The lowest BCUT2D eigenvalue weighted by molar-refractivity contribution is -0.137. The smallest absolute Gasteiger partial charge is 0.262 e. The van der Waals surface area contributed by atoms with E-state index in [1.165, 1.54) is 0 Å². The van der Waals surface area contributed by atoms with Crippen molar-refractivity contribution in [3.63, 3.8) is 0 Å². The lowest BCUT2D eigenvalue weighted by Crippen LogP contribution is -2.52. The van der Waals surface area contributed by atoms with Crippen LogP contribution in [0, 0.1) is 0 Å². The van der Waals surface area contributed by atoms with Crippen molar-refractivity contribution in [3.8, 4) is 0 Å². The van der Waals surface area contributed by atoms with Crippen LogP contribution in [0.5, 0.6) is 0 Å². The van der Waals surface area contributed by atoms with Crippen molar-refractivity contribution in [2.75, 3.05) is 52.7 Å². The maximum atomic E-state index is 13.2. The number of hydrogen-bond donors (Lipinski definition) is 0. The molecular formula is C20H26N2O6. The third-order valence-electron chi connectivity index (χ3n) is 4.88. The molecule has 1 aromatic rings. The van der Waals surface area contributed by atoms with Crippen molar-refractivity contribution >= 4 is 17.7 Å². The third-order valence-corrected chi connectivity index (χ3v) is 4.88. The molecule has 0 saturated carbocycles. The molecule has 1 saturated heterocycles. The Morgan fingerprint density at radius 3 is 1.82 bits per heavy atom. The van der Waals surface area contributed by atoms with Gasteiger partial charge in [0.15, 0.2) is 0 Å². The summed E-state index contributed by atoms with van der Waals surface area (Å²) in [5, 5.41) is 0. The minimum Gasteiger partial charge on any atom is -0.377 e. The van der Waals surface area contributed by atoms with Gasteiger partial charge in [0.1, 0.15) is 6.04 Å². The number of ether oxygens (including phenoxy) is 3. The van der Waals surface area contributed by atoms with Gasteiger partial charge in [-0.05, 0) is 18.6 Å². The van der Waals surface area contributed by atoms with E-state index in [2.05, 4.69) is 0 Å². The molecule has 0 N–H and O–H groups in total. The first-order valence-corrected chi connectivity index (χ1v) is 9.64. The minimum atomic E-state index is -0.844. The van der Waals surface area contributed by atoms with Crippen molar-refractivity contribution < 1.29 is 28.6 Å². The Kier molecular flexibility index (Phi) is 7.13. The van der Waals surface area contributed by atoms with E-state index in [1.807, 2.05) is 0 Å². The van der Waals surface area contributed by atoms with E-state index < -0.39 is 17.9 Å². The molecule has 0 radical (unpaired) electrons. The Morgan fingerprint density at radius 2 is 1.36 bits per heavy atom. The van der Waals surface area contributed by atoms with Crippen molar-refractivity contribution in [1.82, 2.24) is 9.80 Å². The molecule has 2 heterocycles. The molecule has 0 aromatic heterocycles. The highest BCUT2D eigenvalue weighted by molar-refractivity contribution is 6.22. The monoisotopic (exact) mass is 390 g/mol. The van der Waals surface area contributed by atoms with Crippen LogP contribution in [0.3, 0.4) is 0 Å². The van der Waals surface area contributed by atoms with Gasteiger partial charge in [-0.25, -0.2) is 0 Å². The van der Waals surface area contributed by atoms with Crippen LogP contribution in [0.2, 0.25) is 0 Å². The second kappa shape index (κ2) is 9.77. The quantitative estimate of drug-likeness (QED) is 0.715. The van der Waals surface area contributed by atoms with Gasteiger partial charge in [0, 0.05) is 13.1 Å². The average Bonchev–Trinajstić information content (AvgIpc) is 2.94. The summed E-state index contributed by atoms with van der Waals surface area (Å²) in [4.78, 5) is 41.5. The summed E-state index contributed by atoms with van der Waals surface area (Å²) < 4.78 is 16.4. The van der Waals surface area contributed by atoms with Crippen LogP contribution >= 0.6 is 0 Å². The number of rotatable bonds is 3. The van der Waals surface area contributed by atoms with Gasteiger partial charge in [0.2, 0.25) is 5.91 Å². The van der Waals surface area contributed by atoms with Crippen LogP contribution in [0.4, 0.5) is 0 Å². The van der Waals surface area contributed by atoms with E-state index in [9.17, 15) is 14.4 Å². The summed E-state index contributed by atoms with van der Waals surface area (Å²) in [5.41, 5.74) is 0.693. The summed E-state index contributed by atoms with van der Waals surface area (Å²) in [6, 6.07) is 5.82. The standard InChI is InChI=1S/C20H26N2O6/c1-2-17(22-18(23)15-5-3-4-6-16(15)19(22)24)20(25)21-7-9-26-11-13-28-14-12-27-10-8-21/h3-6,17H,2,7-14H2,1H3/t17-/m0/s1. The topological polar surface area (TPSA) is 85.4 Å². The van der Waals surface area contributed by atoms with Crippen LogP contribution < -0.4 is 0 Å². The van der Waals surface area contributed by atoms with Crippen molar-refractivity contribution in [2.24, 2.45) is 0 Å². The molecule has 0 spiro atoms. The summed E-state index contributed by atoms with van der Waals surface area (Å²) in [6.07, 6.45) is 0.344. The molecule has 152 valence electrons. The number of fused-ring (bicyclic) bond motifs is 1. The number of benzene rings is 1. The fourth-order valence-electron chi connectivity index (χ4n) is 3.39. The highest BCUT2D eigenvalue weighted by Gasteiger charge is 2.42. The van der Waals surface area contributed by atoms with E-state index >= 15 is 0 Å². The van der Waals surface area contributed by atoms with Crippen LogP contribution in [0.15, 0.2) is 24.3 Å². The first kappa shape index (κ1) is 20.4. The van der Waals surface area contributed by atoms with E-state index in [0.29, 0.717) is 70.3 Å². The SMILES string of the molecule is CC[C@@H](C(=O)N1CCOCCOCCOCC1)N1C(=O)c2ccccc2C1=O. The van der Waals surface area contributed by atoms with E-state index in [-0.39, 0.29) is 5.91 Å². The summed E-state index contributed by atoms with van der Waals surface area (Å²) in [5.74, 6) is -1.10. The molecule has 1 fully saturated rings. The third kappa shape index (κ3) is 4.40. The van der Waals surface area contributed by atoms with Crippen molar-refractivity contribution in [2.45, 2.75) is 19.4 Å². The largest absolute Gasteiger partial charge is 0.377 e. The van der Waals surface area contributed by atoms with Gasteiger partial charge in [-0.3, -0.25) is 19.3 Å². The summed E-state index contributed by atoms with van der Waals surface area (Å²) in [6.45, 7) is 5.07. The van der Waals surface area contributed by atoms with Gasteiger partial charge in [-0.2, -0.15) is 0 Å². The molecule has 0 aliphatic carbocycles. The van der Waals surface area contributed by atoms with Gasteiger partial charge in [0.25, 0.3) is 11.8 Å². The molecule has 8 nitrogen and oxygen atoms in total. The Balaban J connectivity index is 1.74. The zero-order valence-corrected chi connectivity index (χ0v) is 16.1. The lowest BCUT2D eigenvalue weighted by Gasteiger charge is -2.31. The van der Waals surface area contributed by atoms with Crippen LogP contribution in [-0.4, -0.2) is 86.3 Å².